The molecule has 6 rings (SSSR count). The molecule has 3 fully saturated rings. The molecule has 3 atom stereocenters. The van der Waals surface area contributed by atoms with E-state index in [4.69, 9.17) is 0 Å². The van der Waals surface area contributed by atoms with Gasteiger partial charge in [0.2, 0.25) is 17.7 Å². The van der Waals surface area contributed by atoms with Gasteiger partial charge in [-0.25, -0.2) is 0 Å². The molecule has 0 radical (unpaired) electrons. The molecule has 2 aromatic rings. The monoisotopic (exact) mass is 588 g/mol. The first-order chi connectivity index (χ1) is 20.6. The van der Waals surface area contributed by atoms with Crippen LogP contribution in [0, 0.1) is 23.7 Å². The van der Waals surface area contributed by atoms with Crippen LogP contribution in [0.4, 0.5) is 5.69 Å². The van der Waals surface area contributed by atoms with Gasteiger partial charge in [0.15, 0.2) is 0 Å². The van der Waals surface area contributed by atoms with E-state index < -0.39 is 12.1 Å². The maximum absolute atomic E-state index is 13.9. The highest BCUT2D eigenvalue weighted by molar-refractivity contribution is 6.01. The molecule has 230 valence electrons. The number of hydrogen-bond donors (Lipinski definition) is 3. The van der Waals surface area contributed by atoms with E-state index in [1.54, 1.807) is 21.8 Å². The quantitative estimate of drug-likeness (QED) is 0.346. The van der Waals surface area contributed by atoms with Gasteiger partial charge in [0.1, 0.15) is 17.8 Å². The average molecular weight is 589 g/mol. The molecule has 1 aromatic heterocycles. The van der Waals surface area contributed by atoms with Gasteiger partial charge in [-0.1, -0.05) is 6.07 Å². The Morgan fingerprint density at radius 1 is 0.930 bits per heavy atom. The van der Waals surface area contributed by atoms with Crippen LogP contribution in [0.1, 0.15) is 99.4 Å². The van der Waals surface area contributed by atoms with Crippen LogP contribution in [0.2, 0.25) is 0 Å². The second kappa shape index (κ2) is 11.8. The third kappa shape index (κ3) is 6.33. The molecule has 0 unspecified atom stereocenters. The maximum atomic E-state index is 13.9. The zero-order valence-electron chi connectivity index (χ0n) is 25.6. The smallest absolute Gasteiger partial charge is 0.270 e. The molecule has 0 saturated heterocycles. The number of rotatable bonds is 12. The van der Waals surface area contributed by atoms with Crippen LogP contribution in [-0.2, 0) is 20.8 Å². The number of aromatic nitrogens is 2. The van der Waals surface area contributed by atoms with E-state index in [9.17, 15) is 19.2 Å². The molecule has 0 aliphatic heterocycles. The summed E-state index contributed by atoms with van der Waals surface area (Å²) in [4.78, 5) is 54.2. The van der Waals surface area contributed by atoms with Crippen molar-refractivity contribution in [1.82, 2.24) is 25.3 Å². The molecule has 1 heterocycles. The lowest BCUT2D eigenvalue weighted by molar-refractivity contribution is -0.137. The number of nitrogens with one attached hydrogen (secondary N) is 3. The molecule has 10 nitrogen and oxygen atoms in total. The molecule has 3 saturated carbocycles. The Morgan fingerprint density at radius 2 is 1.60 bits per heavy atom. The van der Waals surface area contributed by atoms with Crippen LogP contribution < -0.4 is 16.0 Å². The van der Waals surface area contributed by atoms with Crippen molar-refractivity contribution in [3.8, 4) is 0 Å². The first kappa shape index (κ1) is 29.4. The fraction of sp³-hybridized carbons (Fsp3) is 0.606. The Bertz CT molecular complexity index is 1390. The van der Waals surface area contributed by atoms with E-state index in [0.29, 0.717) is 23.2 Å². The molecule has 4 aliphatic rings. The molecular formula is C33H44N6O4. The minimum absolute atomic E-state index is 0.0280. The first-order valence-electron chi connectivity index (χ1n) is 15.9. The molecule has 3 N–H and O–H groups in total. The number of amides is 4. The Balaban J connectivity index is 1.17. The molecule has 0 spiro atoms. The molecule has 10 heteroatoms. The number of nitrogens with zero attached hydrogens (tertiary/aromatic N) is 3. The van der Waals surface area contributed by atoms with Gasteiger partial charge in [-0.15, -0.1) is 0 Å². The third-order valence-electron chi connectivity index (χ3n) is 9.67. The highest BCUT2D eigenvalue weighted by Crippen LogP contribution is 2.51. The molecular weight excluding hydrogens is 544 g/mol. The molecule has 0 bridgehead atoms. The largest absolute Gasteiger partial charge is 0.344 e. The van der Waals surface area contributed by atoms with E-state index in [2.05, 4.69) is 21.0 Å². The van der Waals surface area contributed by atoms with E-state index >= 15 is 0 Å². The number of hydrogen-bond acceptors (Lipinski definition) is 5. The maximum Gasteiger partial charge on any atom is 0.270 e. The van der Waals surface area contributed by atoms with Gasteiger partial charge < -0.3 is 20.9 Å². The lowest BCUT2D eigenvalue weighted by Crippen LogP contribution is -2.50. The van der Waals surface area contributed by atoms with Crippen molar-refractivity contribution in [2.45, 2.75) is 96.3 Å². The SMILES string of the molecule is CC(=O)N[C@@H](C(=O)N(C)[C@@H]1CCc2cc(NC(=O)[C@@H](NC(=O)c3ccnn3C(C)C)C(C3CC3)C3CC3)ccc21)C1CC1. The van der Waals surface area contributed by atoms with Crippen LogP contribution in [0.15, 0.2) is 30.5 Å². The second-order valence-corrected chi connectivity index (χ2v) is 13.4. The number of carbonyl (C=O) groups excluding carboxylic acids is 4. The Kier molecular flexibility index (Phi) is 8.04. The molecule has 4 amide bonds. The predicted molar refractivity (Wildman–Crippen MR) is 162 cm³/mol. The van der Waals surface area contributed by atoms with Gasteiger partial charge in [0, 0.05) is 31.9 Å². The zero-order chi connectivity index (χ0) is 30.4. The van der Waals surface area contributed by atoms with Crippen LogP contribution in [0.25, 0.3) is 0 Å². The Hall–Kier alpha value is -3.69. The summed E-state index contributed by atoms with van der Waals surface area (Å²) in [5, 5.41) is 13.4. The van der Waals surface area contributed by atoms with E-state index in [-0.39, 0.29) is 47.5 Å². The molecule has 4 aliphatic carbocycles. The molecule has 1 aromatic carbocycles. The standard InChI is InChI=1S/C33H44N6O4/c1-18(2)39-27(15-16-34-39)31(41)37-30(28(20-5-6-20)21-7-8-21)32(42)36-24-12-13-25-23(17-24)11-14-26(25)38(4)33(43)29(22-9-10-22)35-19(3)40/h12-13,15-18,20-22,26,28-30H,5-11,14H2,1-4H3,(H,35,40)(H,36,42)(H,37,41)/t26-,29-,30+/m1/s1. The van der Waals surface area contributed by atoms with Gasteiger partial charge in [0.05, 0.1) is 6.04 Å². The Labute approximate surface area is 253 Å². The number of anilines is 1. The summed E-state index contributed by atoms with van der Waals surface area (Å²) in [6, 6.07) is 6.47. The van der Waals surface area contributed by atoms with Crippen molar-refractivity contribution in [3.63, 3.8) is 0 Å². The predicted octanol–water partition coefficient (Wildman–Crippen LogP) is 4.00. The number of carbonyl (C=O) groups is 4. The van der Waals surface area contributed by atoms with Crippen LogP contribution in [0.3, 0.4) is 0 Å². The lowest BCUT2D eigenvalue weighted by Gasteiger charge is -2.30. The fourth-order valence-electron chi connectivity index (χ4n) is 7.05. The summed E-state index contributed by atoms with van der Waals surface area (Å²) in [6.45, 7) is 5.41. The van der Waals surface area contributed by atoms with Gasteiger partial charge in [0.25, 0.3) is 5.91 Å². The van der Waals surface area contributed by atoms with Crippen LogP contribution in [-0.4, -0.2) is 57.4 Å². The zero-order valence-corrected chi connectivity index (χ0v) is 25.6. The highest BCUT2D eigenvalue weighted by atomic mass is 16.2. The summed E-state index contributed by atoms with van der Waals surface area (Å²) >= 11 is 0. The van der Waals surface area contributed by atoms with Gasteiger partial charge >= 0.3 is 0 Å². The van der Waals surface area contributed by atoms with Gasteiger partial charge in [-0.05, 0) is 118 Å². The van der Waals surface area contributed by atoms with Gasteiger partial charge in [-0.3, -0.25) is 23.9 Å². The van der Waals surface area contributed by atoms with Crippen molar-refractivity contribution in [2.24, 2.45) is 23.7 Å². The fourth-order valence-corrected chi connectivity index (χ4v) is 7.05. The number of benzene rings is 1. The summed E-state index contributed by atoms with van der Waals surface area (Å²) in [6.07, 6.45) is 9.52. The number of aryl methyl sites for hydroxylation is 1. The summed E-state index contributed by atoms with van der Waals surface area (Å²) < 4.78 is 1.69. The summed E-state index contributed by atoms with van der Waals surface area (Å²) in [7, 11) is 1.82. The van der Waals surface area contributed by atoms with E-state index in [1.165, 1.54) is 6.92 Å². The minimum atomic E-state index is -0.624. The van der Waals surface area contributed by atoms with Crippen molar-refractivity contribution >= 4 is 29.3 Å². The third-order valence-corrected chi connectivity index (χ3v) is 9.67. The van der Waals surface area contributed by atoms with Crippen molar-refractivity contribution < 1.29 is 19.2 Å². The topological polar surface area (TPSA) is 125 Å². The van der Waals surface area contributed by atoms with E-state index in [0.717, 1.165) is 62.5 Å². The summed E-state index contributed by atoms with van der Waals surface area (Å²) in [5.74, 6) is 0.581. The van der Waals surface area contributed by atoms with Crippen molar-refractivity contribution in [2.75, 3.05) is 12.4 Å². The van der Waals surface area contributed by atoms with E-state index in [1.807, 2.05) is 39.1 Å². The highest BCUT2D eigenvalue weighted by Gasteiger charge is 2.48. The number of likely N-dealkylation sites (N-methyl/N-ethyl adjacent to an activating group) is 1. The minimum Gasteiger partial charge on any atom is -0.344 e. The average Bonchev–Trinajstić information content (AvgIpc) is 3.89. The molecule has 43 heavy (non-hydrogen) atoms. The first-order valence-corrected chi connectivity index (χ1v) is 15.9. The Morgan fingerprint density at radius 3 is 2.21 bits per heavy atom. The van der Waals surface area contributed by atoms with Crippen molar-refractivity contribution in [3.05, 3.63) is 47.3 Å². The lowest BCUT2D eigenvalue weighted by atomic mass is 9.88. The van der Waals surface area contributed by atoms with Crippen molar-refractivity contribution in [1.29, 1.82) is 0 Å². The second-order valence-electron chi connectivity index (χ2n) is 13.4. The van der Waals surface area contributed by atoms with Crippen LogP contribution >= 0.6 is 0 Å². The van der Waals surface area contributed by atoms with Crippen LogP contribution in [0.5, 0.6) is 0 Å². The normalized spacial score (nSPS) is 20.8. The summed E-state index contributed by atoms with van der Waals surface area (Å²) in [5.41, 5.74) is 3.34. The van der Waals surface area contributed by atoms with Gasteiger partial charge in [-0.2, -0.15) is 5.10 Å². The number of fused-ring (bicyclic) bond motifs is 1.